The molecule has 0 radical (unpaired) electrons. The van der Waals surface area contributed by atoms with Crippen molar-refractivity contribution in [2.75, 3.05) is 4.90 Å². The Bertz CT molecular complexity index is 3620. The summed E-state index contributed by atoms with van der Waals surface area (Å²) in [7, 11) is 0. The van der Waals surface area contributed by atoms with Crippen LogP contribution in [0, 0.1) is 0 Å². The molecule has 1 aromatic heterocycles. The summed E-state index contributed by atoms with van der Waals surface area (Å²) >= 11 is 0. The summed E-state index contributed by atoms with van der Waals surface area (Å²) in [4.78, 5) is 2.36. The molecule has 0 saturated carbocycles. The van der Waals surface area contributed by atoms with Crippen LogP contribution in [-0.4, -0.2) is 4.57 Å². The first-order chi connectivity index (χ1) is 31.8. The molecule has 2 nitrogen and oxygen atoms in total. The summed E-state index contributed by atoms with van der Waals surface area (Å²) in [5.41, 5.74) is 16.4. The van der Waals surface area contributed by atoms with Crippen molar-refractivity contribution in [1.29, 1.82) is 0 Å². The van der Waals surface area contributed by atoms with Crippen LogP contribution in [-0.2, 0) is 0 Å². The molecule has 0 spiro atoms. The van der Waals surface area contributed by atoms with Crippen LogP contribution in [0.25, 0.3) is 93.5 Å². The second-order valence-corrected chi connectivity index (χ2v) is 16.5. The largest absolute Gasteiger partial charge is 0.311 e. The first-order valence-electron chi connectivity index (χ1n) is 22.0. The van der Waals surface area contributed by atoms with Crippen LogP contribution in [0.1, 0.15) is 0 Å². The number of aromatic nitrogens is 1. The maximum Gasteiger partial charge on any atom is 0.0548 e. The first kappa shape index (κ1) is 37.3. The molecule has 12 rings (SSSR count). The van der Waals surface area contributed by atoms with Gasteiger partial charge >= 0.3 is 0 Å². The van der Waals surface area contributed by atoms with Gasteiger partial charge in [0.05, 0.1) is 16.7 Å². The Morgan fingerprint density at radius 3 is 1.42 bits per heavy atom. The zero-order valence-corrected chi connectivity index (χ0v) is 35.1. The lowest BCUT2D eigenvalue weighted by atomic mass is 9.94. The first-order valence-corrected chi connectivity index (χ1v) is 22.0. The van der Waals surface area contributed by atoms with Crippen molar-refractivity contribution in [3.05, 3.63) is 255 Å². The molecule has 0 aliphatic heterocycles. The third kappa shape index (κ3) is 6.44. The van der Waals surface area contributed by atoms with E-state index in [1.54, 1.807) is 0 Å². The lowest BCUT2D eigenvalue weighted by Gasteiger charge is -2.26. The van der Waals surface area contributed by atoms with Gasteiger partial charge in [0.2, 0.25) is 0 Å². The SMILES string of the molecule is c1ccc(-c2ccc(N(c3ccc(-c4ccccc4-n4c5ccccc5c5c6c(-c7ccccc7)cccc6ccc54)cc3)c3ccc(-c4cccc5ccccc45)cc3)cc2)cc1. The summed E-state index contributed by atoms with van der Waals surface area (Å²) in [5, 5.41) is 7.55. The Kier molecular flexibility index (Phi) is 9.20. The summed E-state index contributed by atoms with van der Waals surface area (Å²) in [6.07, 6.45) is 0. The van der Waals surface area contributed by atoms with E-state index in [1.165, 1.54) is 82.3 Å². The zero-order chi connectivity index (χ0) is 42.4. The van der Waals surface area contributed by atoms with Crippen LogP contribution in [0.15, 0.2) is 255 Å². The van der Waals surface area contributed by atoms with Crippen molar-refractivity contribution in [1.82, 2.24) is 4.57 Å². The van der Waals surface area contributed by atoms with E-state index in [0.29, 0.717) is 0 Å². The highest BCUT2D eigenvalue weighted by Crippen LogP contribution is 2.44. The number of hydrogen-bond acceptors (Lipinski definition) is 1. The van der Waals surface area contributed by atoms with Crippen LogP contribution in [0.2, 0.25) is 0 Å². The van der Waals surface area contributed by atoms with Crippen molar-refractivity contribution in [2.24, 2.45) is 0 Å². The van der Waals surface area contributed by atoms with Crippen molar-refractivity contribution >= 4 is 60.4 Å². The summed E-state index contributed by atoms with van der Waals surface area (Å²) in [6.45, 7) is 0. The monoisotopic (exact) mass is 814 g/mol. The van der Waals surface area contributed by atoms with Gasteiger partial charge in [-0.15, -0.1) is 0 Å². The molecule has 0 N–H and O–H groups in total. The molecule has 0 aliphatic rings. The standard InChI is InChI=1S/C62H42N2/c1-3-15-43(16-4-1)44-29-36-50(37-30-44)63(51-38-31-47(32-39-51)54-25-13-20-45-19-7-8-22-53(45)54)52-40-33-48(34-41-52)55-23-9-11-27-58(55)64-59-28-12-10-24-57(59)62-60(64)42-35-49-21-14-26-56(61(49)62)46-17-5-2-6-18-46/h1-42H. The molecule has 1 heterocycles. The predicted molar refractivity (Wildman–Crippen MR) is 272 cm³/mol. The van der Waals surface area contributed by atoms with E-state index < -0.39 is 0 Å². The third-order valence-electron chi connectivity index (χ3n) is 12.8. The topological polar surface area (TPSA) is 8.17 Å². The highest BCUT2D eigenvalue weighted by Gasteiger charge is 2.20. The maximum atomic E-state index is 2.47. The van der Waals surface area contributed by atoms with E-state index in [-0.39, 0.29) is 0 Å². The minimum absolute atomic E-state index is 1.09. The van der Waals surface area contributed by atoms with E-state index in [9.17, 15) is 0 Å². The molecule has 300 valence electrons. The molecule has 0 atom stereocenters. The Morgan fingerprint density at radius 2 is 0.719 bits per heavy atom. The van der Waals surface area contributed by atoms with Gasteiger partial charge in [-0.3, -0.25) is 0 Å². The lowest BCUT2D eigenvalue weighted by Crippen LogP contribution is -2.09. The normalized spacial score (nSPS) is 11.4. The van der Waals surface area contributed by atoms with Crippen LogP contribution in [0.4, 0.5) is 17.1 Å². The Morgan fingerprint density at radius 1 is 0.250 bits per heavy atom. The summed E-state index contributed by atoms with van der Waals surface area (Å²) in [5.74, 6) is 0. The van der Waals surface area contributed by atoms with Crippen LogP contribution in [0.5, 0.6) is 0 Å². The van der Waals surface area contributed by atoms with Crippen molar-refractivity contribution in [3.63, 3.8) is 0 Å². The smallest absolute Gasteiger partial charge is 0.0548 e. The van der Waals surface area contributed by atoms with Gasteiger partial charge in [0, 0.05) is 33.4 Å². The summed E-state index contributed by atoms with van der Waals surface area (Å²) < 4.78 is 2.47. The lowest BCUT2D eigenvalue weighted by molar-refractivity contribution is 1.18. The van der Waals surface area contributed by atoms with Crippen LogP contribution < -0.4 is 4.90 Å². The van der Waals surface area contributed by atoms with E-state index >= 15 is 0 Å². The Labute approximate surface area is 373 Å². The van der Waals surface area contributed by atoms with Crippen LogP contribution in [0.3, 0.4) is 0 Å². The molecule has 0 saturated heterocycles. The molecule has 2 heteroatoms. The quantitative estimate of drug-likeness (QED) is 0.148. The predicted octanol–water partition coefficient (Wildman–Crippen LogP) is 17.2. The third-order valence-corrected chi connectivity index (χ3v) is 12.8. The van der Waals surface area contributed by atoms with E-state index in [1.807, 2.05) is 0 Å². The highest BCUT2D eigenvalue weighted by molar-refractivity contribution is 6.25. The van der Waals surface area contributed by atoms with Gasteiger partial charge in [-0.25, -0.2) is 0 Å². The second kappa shape index (κ2) is 15.8. The van der Waals surface area contributed by atoms with Gasteiger partial charge in [-0.2, -0.15) is 0 Å². The number of fused-ring (bicyclic) bond motifs is 6. The fraction of sp³-hybridized carbons (Fsp3) is 0. The van der Waals surface area contributed by atoms with Gasteiger partial charge in [-0.1, -0.05) is 200 Å². The molecule has 0 bridgehead atoms. The van der Waals surface area contributed by atoms with E-state index in [0.717, 1.165) is 28.3 Å². The molecule has 0 aliphatic carbocycles. The average Bonchev–Trinajstić information content (AvgIpc) is 3.72. The van der Waals surface area contributed by atoms with Crippen molar-refractivity contribution in [3.8, 4) is 50.2 Å². The number of rotatable bonds is 8. The number of hydrogen-bond donors (Lipinski definition) is 0. The van der Waals surface area contributed by atoms with E-state index in [2.05, 4.69) is 264 Å². The molecular weight excluding hydrogens is 773 g/mol. The fourth-order valence-electron chi connectivity index (χ4n) is 9.81. The molecule has 0 unspecified atom stereocenters. The van der Waals surface area contributed by atoms with Gasteiger partial charge in [-0.05, 0) is 115 Å². The average molecular weight is 815 g/mol. The maximum absolute atomic E-state index is 2.47. The second-order valence-electron chi connectivity index (χ2n) is 16.5. The Balaban J connectivity index is 0.973. The van der Waals surface area contributed by atoms with Crippen LogP contribution >= 0.6 is 0 Å². The van der Waals surface area contributed by atoms with Gasteiger partial charge in [0.25, 0.3) is 0 Å². The minimum Gasteiger partial charge on any atom is -0.311 e. The molecule has 0 fully saturated rings. The number of benzene rings is 11. The number of nitrogens with zero attached hydrogens (tertiary/aromatic N) is 2. The van der Waals surface area contributed by atoms with Crippen molar-refractivity contribution in [2.45, 2.75) is 0 Å². The molecule has 0 amide bonds. The highest BCUT2D eigenvalue weighted by atomic mass is 15.1. The van der Waals surface area contributed by atoms with Gasteiger partial charge < -0.3 is 9.47 Å². The molecule has 12 aromatic rings. The number of para-hydroxylation sites is 2. The van der Waals surface area contributed by atoms with Gasteiger partial charge in [0.1, 0.15) is 0 Å². The minimum atomic E-state index is 1.09. The summed E-state index contributed by atoms with van der Waals surface area (Å²) in [6, 6.07) is 92.5. The Hall–Kier alpha value is -8.46. The molecular formula is C62H42N2. The molecule has 11 aromatic carbocycles. The fourth-order valence-corrected chi connectivity index (χ4v) is 9.81. The van der Waals surface area contributed by atoms with Crippen molar-refractivity contribution < 1.29 is 0 Å². The molecule has 64 heavy (non-hydrogen) atoms. The van der Waals surface area contributed by atoms with E-state index in [4.69, 9.17) is 0 Å². The van der Waals surface area contributed by atoms with Gasteiger partial charge in [0.15, 0.2) is 0 Å². The zero-order valence-electron chi connectivity index (χ0n) is 35.1. The number of anilines is 3.